The third-order valence-electron chi connectivity index (χ3n) is 4.18. The fraction of sp³-hybridized carbons (Fsp3) is 0.350. The average Bonchev–Trinajstić information content (AvgIpc) is 2.58. The molecule has 0 saturated heterocycles. The molecule has 0 bridgehead atoms. The summed E-state index contributed by atoms with van der Waals surface area (Å²) in [6.45, 7) is 4.77. The maximum absolute atomic E-state index is 12.3. The van der Waals surface area contributed by atoms with Gasteiger partial charge in [-0.1, -0.05) is 74.5 Å². The molecule has 0 aliphatic carbocycles. The third kappa shape index (κ3) is 5.22. The SMILES string of the molecule is CC(C)C(CC(=O)NCC(N)c1ccccc1)c1ccccc1. The van der Waals surface area contributed by atoms with Crippen molar-refractivity contribution < 1.29 is 4.79 Å². The average molecular weight is 310 g/mol. The topological polar surface area (TPSA) is 55.1 Å². The van der Waals surface area contributed by atoms with Gasteiger partial charge in [-0.3, -0.25) is 4.79 Å². The number of nitrogens with two attached hydrogens (primary N) is 1. The Balaban J connectivity index is 1.90. The van der Waals surface area contributed by atoms with Crippen LogP contribution in [0, 0.1) is 5.92 Å². The minimum Gasteiger partial charge on any atom is -0.354 e. The van der Waals surface area contributed by atoms with Gasteiger partial charge in [-0.05, 0) is 23.0 Å². The first-order chi connectivity index (χ1) is 11.1. The lowest BCUT2D eigenvalue weighted by atomic mass is 9.85. The molecule has 2 unspecified atom stereocenters. The second kappa shape index (κ2) is 8.49. The normalized spacial score (nSPS) is 13.6. The largest absolute Gasteiger partial charge is 0.354 e. The van der Waals surface area contributed by atoms with Gasteiger partial charge in [-0.25, -0.2) is 0 Å². The van der Waals surface area contributed by atoms with Crippen molar-refractivity contribution in [3.63, 3.8) is 0 Å². The smallest absolute Gasteiger partial charge is 0.220 e. The molecule has 0 saturated carbocycles. The fourth-order valence-corrected chi connectivity index (χ4v) is 2.75. The number of nitrogens with one attached hydrogen (secondary N) is 1. The molecular formula is C20H26N2O. The molecule has 122 valence electrons. The Hall–Kier alpha value is -2.13. The molecule has 2 aromatic carbocycles. The molecule has 3 N–H and O–H groups in total. The summed E-state index contributed by atoms with van der Waals surface area (Å²) >= 11 is 0. The number of benzene rings is 2. The van der Waals surface area contributed by atoms with Crippen molar-refractivity contribution in [2.45, 2.75) is 32.2 Å². The van der Waals surface area contributed by atoms with Gasteiger partial charge in [0.15, 0.2) is 0 Å². The first kappa shape index (κ1) is 17.2. The molecule has 2 rings (SSSR count). The molecule has 3 heteroatoms. The van der Waals surface area contributed by atoms with E-state index in [-0.39, 0.29) is 17.9 Å². The molecule has 0 heterocycles. The predicted octanol–water partition coefficient (Wildman–Crippen LogP) is 3.63. The molecule has 0 aliphatic heterocycles. The van der Waals surface area contributed by atoms with Crippen LogP contribution in [0.1, 0.15) is 43.4 Å². The van der Waals surface area contributed by atoms with E-state index in [9.17, 15) is 4.79 Å². The summed E-state index contributed by atoms with van der Waals surface area (Å²) in [5, 5.41) is 2.97. The molecule has 0 fully saturated rings. The van der Waals surface area contributed by atoms with Crippen LogP contribution in [-0.4, -0.2) is 12.5 Å². The van der Waals surface area contributed by atoms with Crippen LogP contribution in [0.3, 0.4) is 0 Å². The van der Waals surface area contributed by atoms with Crippen LogP contribution in [-0.2, 0) is 4.79 Å². The lowest BCUT2D eigenvalue weighted by molar-refractivity contribution is -0.121. The molecule has 0 aliphatic rings. The highest BCUT2D eigenvalue weighted by Crippen LogP contribution is 2.27. The van der Waals surface area contributed by atoms with Crippen LogP contribution in [0.5, 0.6) is 0 Å². The molecule has 0 spiro atoms. The van der Waals surface area contributed by atoms with Gasteiger partial charge < -0.3 is 11.1 Å². The zero-order valence-electron chi connectivity index (χ0n) is 13.9. The zero-order valence-corrected chi connectivity index (χ0v) is 13.9. The van der Waals surface area contributed by atoms with E-state index in [2.05, 4.69) is 31.3 Å². The maximum Gasteiger partial charge on any atom is 0.220 e. The molecule has 3 nitrogen and oxygen atoms in total. The standard InChI is InChI=1S/C20H26N2O/c1-15(2)18(16-9-5-3-6-10-16)13-20(23)22-14-19(21)17-11-7-4-8-12-17/h3-12,15,18-19H,13-14,21H2,1-2H3,(H,22,23). The van der Waals surface area contributed by atoms with E-state index in [1.165, 1.54) is 5.56 Å². The van der Waals surface area contributed by atoms with Crippen molar-refractivity contribution in [2.24, 2.45) is 11.7 Å². The van der Waals surface area contributed by atoms with Crippen LogP contribution in [0.4, 0.5) is 0 Å². The Morgan fingerprint density at radius 1 is 0.957 bits per heavy atom. The quantitative estimate of drug-likeness (QED) is 0.820. The monoisotopic (exact) mass is 310 g/mol. The second-order valence-electron chi connectivity index (χ2n) is 6.29. The summed E-state index contributed by atoms with van der Waals surface area (Å²) in [6.07, 6.45) is 0.489. The molecular weight excluding hydrogens is 284 g/mol. The number of rotatable bonds is 7. The highest BCUT2D eigenvalue weighted by atomic mass is 16.1. The summed E-state index contributed by atoms with van der Waals surface area (Å²) in [5.74, 6) is 0.689. The molecule has 1 amide bonds. The zero-order chi connectivity index (χ0) is 16.7. The van der Waals surface area contributed by atoms with Gasteiger partial charge in [0.25, 0.3) is 0 Å². The third-order valence-corrected chi connectivity index (χ3v) is 4.18. The van der Waals surface area contributed by atoms with E-state index in [4.69, 9.17) is 5.73 Å². The maximum atomic E-state index is 12.3. The number of amides is 1. The van der Waals surface area contributed by atoms with Crippen molar-refractivity contribution in [3.05, 3.63) is 71.8 Å². The predicted molar refractivity (Wildman–Crippen MR) is 95.0 cm³/mol. The van der Waals surface area contributed by atoms with Crippen molar-refractivity contribution in [3.8, 4) is 0 Å². The molecule has 0 aromatic heterocycles. The minimum absolute atomic E-state index is 0.0546. The molecule has 23 heavy (non-hydrogen) atoms. The number of carbonyl (C=O) groups excluding carboxylic acids is 1. The van der Waals surface area contributed by atoms with Crippen molar-refractivity contribution in [1.29, 1.82) is 0 Å². The fourth-order valence-electron chi connectivity index (χ4n) is 2.75. The van der Waals surface area contributed by atoms with Crippen LogP contribution in [0.25, 0.3) is 0 Å². The molecule has 2 aromatic rings. The van der Waals surface area contributed by atoms with Crippen molar-refractivity contribution >= 4 is 5.91 Å². The van der Waals surface area contributed by atoms with Gasteiger partial charge in [0, 0.05) is 19.0 Å². The van der Waals surface area contributed by atoms with E-state index in [0.717, 1.165) is 5.56 Å². The Morgan fingerprint density at radius 2 is 1.48 bits per heavy atom. The van der Waals surface area contributed by atoms with E-state index < -0.39 is 0 Å². The van der Waals surface area contributed by atoms with Crippen molar-refractivity contribution in [2.75, 3.05) is 6.54 Å². The molecule has 2 atom stereocenters. The van der Waals surface area contributed by atoms with Crippen LogP contribution in [0.2, 0.25) is 0 Å². The van der Waals surface area contributed by atoms with Gasteiger partial charge in [0.1, 0.15) is 0 Å². The molecule has 0 radical (unpaired) electrons. The van der Waals surface area contributed by atoms with E-state index in [1.807, 2.05) is 48.5 Å². The van der Waals surface area contributed by atoms with E-state index in [1.54, 1.807) is 0 Å². The first-order valence-corrected chi connectivity index (χ1v) is 8.20. The first-order valence-electron chi connectivity index (χ1n) is 8.20. The summed E-state index contributed by atoms with van der Waals surface area (Å²) < 4.78 is 0. The Labute approximate surface area is 138 Å². The van der Waals surface area contributed by atoms with Gasteiger partial charge in [-0.2, -0.15) is 0 Å². The van der Waals surface area contributed by atoms with Crippen LogP contribution in [0.15, 0.2) is 60.7 Å². The van der Waals surface area contributed by atoms with Crippen LogP contribution < -0.4 is 11.1 Å². The minimum atomic E-state index is -0.172. The Kier molecular flexibility index (Phi) is 6.36. The Bertz CT molecular complexity index is 596. The summed E-state index contributed by atoms with van der Waals surface area (Å²) in [7, 11) is 0. The van der Waals surface area contributed by atoms with Gasteiger partial charge >= 0.3 is 0 Å². The summed E-state index contributed by atoms with van der Waals surface area (Å²) in [6, 6.07) is 19.9. The van der Waals surface area contributed by atoms with Gasteiger partial charge in [-0.15, -0.1) is 0 Å². The summed E-state index contributed by atoms with van der Waals surface area (Å²) in [5.41, 5.74) is 8.38. The van der Waals surface area contributed by atoms with Gasteiger partial charge in [0.2, 0.25) is 5.91 Å². The van der Waals surface area contributed by atoms with Gasteiger partial charge in [0.05, 0.1) is 0 Å². The number of hydrogen-bond donors (Lipinski definition) is 2. The highest BCUT2D eigenvalue weighted by Gasteiger charge is 2.19. The number of hydrogen-bond acceptors (Lipinski definition) is 2. The second-order valence-corrected chi connectivity index (χ2v) is 6.29. The van der Waals surface area contributed by atoms with Crippen molar-refractivity contribution in [1.82, 2.24) is 5.32 Å². The lowest BCUT2D eigenvalue weighted by Gasteiger charge is -2.21. The van der Waals surface area contributed by atoms with E-state index >= 15 is 0 Å². The van der Waals surface area contributed by atoms with Crippen LogP contribution >= 0.6 is 0 Å². The Morgan fingerprint density at radius 3 is 2.00 bits per heavy atom. The highest BCUT2D eigenvalue weighted by molar-refractivity contribution is 5.77. The van der Waals surface area contributed by atoms with E-state index in [0.29, 0.717) is 18.9 Å². The summed E-state index contributed by atoms with van der Waals surface area (Å²) in [4.78, 5) is 12.3. The lowest BCUT2D eigenvalue weighted by Crippen LogP contribution is -2.33. The number of carbonyl (C=O) groups is 1.